The smallest absolute Gasteiger partial charge is 0.255 e. The van der Waals surface area contributed by atoms with E-state index in [1.54, 1.807) is 18.2 Å². The summed E-state index contributed by atoms with van der Waals surface area (Å²) in [6.07, 6.45) is 3.92. The van der Waals surface area contributed by atoms with Crippen molar-refractivity contribution in [1.29, 1.82) is 0 Å². The molecule has 0 spiro atoms. The van der Waals surface area contributed by atoms with Crippen LogP contribution in [0.5, 0.6) is 0 Å². The molecule has 0 aliphatic heterocycles. The minimum Gasteiger partial charge on any atom is -0.324 e. The van der Waals surface area contributed by atoms with Gasteiger partial charge in [-0.3, -0.25) is 4.79 Å². The monoisotopic (exact) mass is 310 g/mol. The Morgan fingerprint density at radius 3 is 2.32 bits per heavy atom. The second-order valence-electron chi connectivity index (χ2n) is 5.02. The van der Waals surface area contributed by atoms with E-state index in [1.807, 2.05) is 60.3 Å². The predicted octanol–water partition coefficient (Wildman–Crippen LogP) is 4.69. The van der Waals surface area contributed by atoms with Gasteiger partial charge in [-0.1, -0.05) is 23.7 Å². The largest absolute Gasteiger partial charge is 0.324 e. The molecule has 4 heteroatoms. The molecule has 0 radical (unpaired) electrons. The molecule has 0 bridgehead atoms. The Bertz CT molecular complexity index is 772. The van der Waals surface area contributed by atoms with Gasteiger partial charge in [0, 0.05) is 23.6 Å². The first-order valence-electron chi connectivity index (χ1n) is 6.95. The zero-order valence-electron chi connectivity index (χ0n) is 12.1. The number of nitrogens with one attached hydrogen (secondary N) is 1. The van der Waals surface area contributed by atoms with Crippen molar-refractivity contribution in [3.05, 3.63) is 83.1 Å². The summed E-state index contributed by atoms with van der Waals surface area (Å²) in [7, 11) is 0. The third kappa shape index (κ3) is 2.90. The molecular weight excluding hydrogens is 296 g/mol. The number of para-hydroxylation sites is 1. The van der Waals surface area contributed by atoms with Crippen molar-refractivity contribution < 1.29 is 4.79 Å². The summed E-state index contributed by atoms with van der Waals surface area (Å²) in [5, 5.41) is 3.41. The van der Waals surface area contributed by atoms with Gasteiger partial charge in [-0.2, -0.15) is 0 Å². The molecule has 22 heavy (non-hydrogen) atoms. The number of nitrogens with zero attached hydrogens (tertiary/aromatic N) is 1. The van der Waals surface area contributed by atoms with Gasteiger partial charge in [0.05, 0.1) is 10.7 Å². The predicted molar refractivity (Wildman–Crippen MR) is 89.9 cm³/mol. The van der Waals surface area contributed by atoms with Crippen molar-refractivity contribution in [2.75, 3.05) is 5.32 Å². The number of aryl methyl sites for hydroxylation is 1. The molecule has 0 aliphatic rings. The second-order valence-corrected chi connectivity index (χ2v) is 5.43. The van der Waals surface area contributed by atoms with Crippen molar-refractivity contribution in [2.24, 2.45) is 0 Å². The molecular formula is C18H15ClN2O. The number of amides is 1. The lowest BCUT2D eigenvalue weighted by Gasteiger charge is -2.11. The van der Waals surface area contributed by atoms with Gasteiger partial charge in [-0.25, -0.2) is 0 Å². The molecule has 1 aromatic heterocycles. The maximum absolute atomic E-state index is 12.3. The van der Waals surface area contributed by atoms with Crippen LogP contribution in [0.1, 0.15) is 15.9 Å². The van der Waals surface area contributed by atoms with E-state index in [0.717, 1.165) is 11.3 Å². The lowest BCUT2D eigenvalue weighted by Crippen LogP contribution is -2.13. The molecule has 110 valence electrons. The summed E-state index contributed by atoms with van der Waals surface area (Å²) >= 11 is 6.14. The van der Waals surface area contributed by atoms with Gasteiger partial charge in [0.15, 0.2) is 0 Å². The van der Waals surface area contributed by atoms with Crippen LogP contribution in [0.25, 0.3) is 5.69 Å². The third-order valence-electron chi connectivity index (χ3n) is 3.49. The van der Waals surface area contributed by atoms with E-state index in [1.165, 1.54) is 0 Å². The molecule has 0 unspecified atom stereocenters. The van der Waals surface area contributed by atoms with Gasteiger partial charge >= 0.3 is 0 Å². The number of rotatable bonds is 3. The topological polar surface area (TPSA) is 34.0 Å². The normalized spacial score (nSPS) is 10.5. The molecule has 1 amide bonds. The molecule has 0 saturated carbocycles. The van der Waals surface area contributed by atoms with Gasteiger partial charge in [0.25, 0.3) is 5.91 Å². The molecule has 0 aliphatic carbocycles. The second kappa shape index (κ2) is 6.08. The maximum Gasteiger partial charge on any atom is 0.255 e. The van der Waals surface area contributed by atoms with Crippen LogP contribution in [-0.2, 0) is 0 Å². The quantitative estimate of drug-likeness (QED) is 0.748. The third-order valence-corrected chi connectivity index (χ3v) is 3.81. The van der Waals surface area contributed by atoms with E-state index in [2.05, 4.69) is 5.32 Å². The summed E-state index contributed by atoms with van der Waals surface area (Å²) in [6, 6.07) is 16.9. The SMILES string of the molecule is Cc1cccc(Cl)c1NC(=O)c1ccc(-n2cccc2)cc1. The number of aromatic nitrogens is 1. The Labute approximate surface area is 134 Å². The summed E-state index contributed by atoms with van der Waals surface area (Å²) in [5.74, 6) is -0.171. The zero-order chi connectivity index (χ0) is 15.5. The Hall–Kier alpha value is -2.52. The molecule has 0 atom stereocenters. The van der Waals surface area contributed by atoms with E-state index in [9.17, 15) is 4.79 Å². The van der Waals surface area contributed by atoms with Crippen LogP contribution in [-0.4, -0.2) is 10.5 Å². The number of hydrogen-bond donors (Lipinski definition) is 1. The van der Waals surface area contributed by atoms with Crippen molar-refractivity contribution in [2.45, 2.75) is 6.92 Å². The molecule has 1 N–H and O–H groups in total. The fraction of sp³-hybridized carbons (Fsp3) is 0.0556. The van der Waals surface area contributed by atoms with Gasteiger partial charge in [-0.15, -0.1) is 0 Å². The van der Waals surface area contributed by atoms with Gasteiger partial charge < -0.3 is 9.88 Å². The highest BCUT2D eigenvalue weighted by Gasteiger charge is 2.10. The molecule has 3 aromatic rings. The van der Waals surface area contributed by atoms with E-state index < -0.39 is 0 Å². The average Bonchev–Trinajstić information content (AvgIpc) is 3.05. The average molecular weight is 311 g/mol. The Morgan fingerprint density at radius 2 is 1.68 bits per heavy atom. The first kappa shape index (κ1) is 14.4. The van der Waals surface area contributed by atoms with Crippen LogP contribution >= 0.6 is 11.6 Å². The highest BCUT2D eigenvalue weighted by Crippen LogP contribution is 2.25. The van der Waals surface area contributed by atoms with E-state index >= 15 is 0 Å². The molecule has 1 heterocycles. The minimum absolute atomic E-state index is 0.171. The fourth-order valence-electron chi connectivity index (χ4n) is 2.27. The summed E-state index contributed by atoms with van der Waals surface area (Å²) in [4.78, 5) is 12.3. The molecule has 3 rings (SSSR count). The number of anilines is 1. The van der Waals surface area contributed by atoms with Crippen LogP contribution < -0.4 is 5.32 Å². The van der Waals surface area contributed by atoms with Crippen molar-refractivity contribution in [1.82, 2.24) is 4.57 Å². The van der Waals surface area contributed by atoms with Crippen molar-refractivity contribution in [3.8, 4) is 5.69 Å². The molecule has 0 fully saturated rings. The summed E-state index contributed by atoms with van der Waals surface area (Å²) in [6.45, 7) is 1.91. The number of carbonyl (C=O) groups excluding carboxylic acids is 1. The lowest BCUT2D eigenvalue weighted by atomic mass is 10.1. The van der Waals surface area contributed by atoms with Crippen LogP contribution in [0.4, 0.5) is 5.69 Å². The zero-order valence-corrected chi connectivity index (χ0v) is 12.8. The summed E-state index contributed by atoms with van der Waals surface area (Å²) in [5.41, 5.74) is 3.19. The van der Waals surface area contributed by atoms with Gasteiger partial charge in [0.1, 0.15) is 0 Å². The number of carbonyl (C=O) groups is 1. The molecule has 3 nitrogen and oxygen atoms in total. The van der Waals surface area contributed by atoms with E-state index in [-0.39, 0.29) is 5.91 Å². The Kier molecular flexibility index (Phi) is 3.98. The standard InChI is InChI=1S/C18H15ClN2O/c1-13-5-4-6-16(19)17(13)20-18(22)14-7-9-15(10-8-14)21-11-2-3-12-21/h2-12H,1H3,(H,20,22). The van der Waals surface area contributed by atoms with Gasteiger partial charge in [0.2, 0.25) is 0 Å². The summed E-state index contributed by atoms with van der Waals surface area (Å²) < 4.78 is 1.99. The highest BCUT2D eigenvalue weighted by atomic mass is 35.5. The van der Waals surface area contributed by atoms with Gasteiger partial charge in [-0.05, 0) is 55.0 Å². The van der Waals surface area contributed by atoms with Crippen LogP contribution in [0.2, 0.25) is 5.02 Å². The Morgan fingerprint density at radius 1 is 1.00 bits per heavy atom. The first-order valence-corrected chi connectivity index (χ1v) is 7.33. The maximum atomic E-state index is 12.3. The minimum atomic E-state index is -0.171. The number of halogens is 1. The number of hydrogen-bond acceptors (Lipinski definition) is 1. The molecule has 0 saturated heterocycles. The lowest BCUT2D eigenvalue weighted by molar-refractivity contribution is 0.102. The fourth-order valence-corrected chi connectivity index (χ4v) is 2.54. The molecule has 2 aromatic carbocycles. The first-order chi connectivity index (χ1) is 10.6. The highest BCUT2D eigenvalue weighted by molar-refractivity contribution is 6.34. The van der Waals surface area contributed by atoms with Crippen molar-refractivity contribution >= 4 is 23.2 Å². The van der Waals surface area contributed by atoms with Crippen molar-refractivity contribution in [3.63, 3.8) is 0 Å². The van der Waals surface area contributed by atoms with Crippen LogP contribution in [0, 0.1) is 6.92 Å². The van der Waals surface area contributed by atoms with E-state index in [0.29, 0.717) is 16.3 Å². The van der Waals surface area contributed by atoms with Crippen LogP contribution in [0.15, 0.2) is 67.0 Å². The number of benzene rings is 2. The van der Waals surface area contributed by atoms with Crippen LogP contribution in [0.3, 0.4) is 0 Å². The Balaban J connectivity index is 1.81. The van der Waals surface area contributed by atoms with E-state index in [4.69, 9.17) is 11.6 Å².